The van der Waals surface area contributed by atoms with E-state index in [0.29, 0.717) is 5.82 Å². The molecule has 0 atom stereocenters. The van der Waals surface area contributed by atoms with Crippen LogP contribution in [0.4, 0.5) is 5.95 Å². The summed E-state index contributed by atoms with van der Waals surface area (Å²) in [6, 6.07) is 0. The van der Waals surface area contributed by atoms with Crippen molar-refractivity contribution in [2.24, 2.45) is 5.41 Å². The fourth-order valence-corrected chi connectivity index (χ4v) is 1.19. The summed E-state index contributed by atoms with van der Waals surface area (Å²) in [4.78, 5) is 11.7. The number of halogens is 1. The van der Waals surface area contributed by atoms with Gasteiger partial charge in [0.25, 0.3) is 0 Å². The number of rotatable bonds is 2. The summed E-state index contributed by atoms with van der Waals surface area (Å²) in [7, 11) is 0. The SMILES string of the molecule is CC(C)(C)CCc1nc(N)nc(Cl)n1. The van der Waals surface area contributed by atoms with Gasteiger partial charge in [0.05, 0.1) is 0 Å². The van der Waals surface area contributed by atoms with Crippen molar-refractivity contribution in [3.8, 4) is 0 Å². The van der Waals surface area contributed by atoms with Gasteiger partial charge in [-0.05, 0) is 23.4 Å². The van der Waals surface area contributed by atoms with E-state index >= 15 is 0 Å². The van der Waals surface area contributed by atoms with Crippen molar-refractivity contribution in [2.75, 3.05) is 5.73 Å². The van der Waals surface area contributed by atoms with Gasteiger partial charge in [0.1, 0.15) is 5.82 Å². The Hall–Kier alpha value is -0.900. The molecular weight excluding hydrogens is 200 g/mol. The first-order chi connectivity index (χ1) is 6.37. The first-order valence-corrected chi connectivity index (χ1v) is 4.90. The van der Waals surface area contributed by atoms with Crippen molar-refractivity contribution < 1.29 is 0 Å². The van der Waals surface area contributed by atoms with Crippen molar-refractivity contribution in [1.29, 1.82) is 0 Å². The molecule has 4 nitrogen and oxygen atoms in total. The summed E-state index contributed by atoms with van der Waals surface area (Å²) >= 11 is 5.66. The minimum Gasteiger partial charge on any atom is -0.368 e. The van der Waals surface area contributed by atoms with Crippen molar-refractivity contribution in [2.45, 2.75) is 33.6 Å². The Balaban J connectivity index is 2.68. The Kier molecular flexibility index (Phi) is 3.26. The number of nitrogens with two attached hydrogens (primary N) is 1. The maximum Gasteiger partial charge on any atom is 0.227 e. The Bertz CT molecular complexity index is 299. The quantitative estimate of drug-likeness (QED) is 0.819. The van der Waals surface area contributed by atoms with Gasteiger partial charge in [0.2, 0.25) is 11.2 Å². The second-order valence-corrected chi connectivity index (χ2v) is 4.78. The van der Waals surface area contributed by atoms with Crippen LogP contribution in [0, 0.1) is 5.41 Å². The first-order valence-electron chi connectivity index (χ1n) is 4.53. The molecule has 0 aromatic carbocycles. The van der Waals surface area contributed by atoms with Gasteiger partial charge in [0.15, 0.2) is 0 Å². The summed E-state index contributed by atoms with van der Waals surface area (Å²) in [5.41, 5.74) is 5.71. The molecule has 1 aromatic heterocycles. The molecule has 0 amide bonds. The Morgan fingerprint density at radius 3 is 2.36 bits per heavy atom. The molecule has 1 rings (SSSR count). The molecule has 0 spiro atoms. The molecule has 0 bridgehead atoms. The van der Waals surface area contributed by atoms with Crippen LogP contribution in [-0.4, -0.2) is 15.0 Å². The second-order valence-electron chi connectivity index (χ2n) is 4.44. The van der Waals surface area contributed by atoms with E-state index in [-0.39, 0.29) is 16.6 Å². The predicted molar refractivity (Wildman–Crippen MR) is 57.0 cm³/mol. The number of nitrogen functional groups attached to an aromatic ring is 1. The lowest BCUT2D eigenvalue weighted by atomic mass is 9.90. The molecule has 14 heavy (non-hydrogen) atoms. The van der Waals surface area contributed by atoms with E-state index in [0.717, 1.165) is 12.8 Å². The normalized spacial score (nSPS) is 11.7. The van der Waals surface area contributed by atoms with Crippen LogP contribution in [0.5, 0.6) is 0 Å². The number of aromatic nitrogens is 3. The van der Waals surface area contributed by atoms with E-state index in [1.807, 2.05) is 0 Å². The molecule has 78 valence electrons. The molecule has 0 unspecified atom stereocenters. The lowest BCUT2D eigenvalue weighted by molar-refractivity contribution is 0.374. The summed E-state index contributed by atoms with van der Waals surface area (Å²) < 4.78 is 0. The van der Waals surface area contributed by atoms with Crippen molar-refractivity contribution in [1.82, 2.24) is 15.0 Å². The molecule has 0 aliphatic heterocycles. The van der Waals surface area contributed by atoms with Crippen LogP contribution in [0.2, 0.25) is 5.28 Å². The highest BCUT2D eigenvalue weighted by Crippen LogP contribution is 2.20. The Morgan fingerprint density at radius 1 is 1.21 bits per heavy atom. The number of hydrogen-bond acceptors (Lipinski definition) is 4. The molecule has 0 saturated heterocycles. The second kappa shape index (κ2) is 4.09. The minimum absolute atomic E-state index is 0.168. The number of anilines is 1. The number of nitrogens with zero attached hydrogens (tertiary/aromatic N) is 3. The van der Waals surface area contributed by atoms with Gasteiger partial charge < -0.3 is 5.73 Å². The molecular formula is C9H15ClN4. The summed E-state index contributed by atoms with van der Waals surface area (Å²) in [6.45, 7) is 6.50. The van der Waals surface area contributed by atoms with Gasteiger partial charge in [0, 0.05) is 6.42 Å². The minimum atomic E-state index is 0.168. The molecule has 0 aliphatic carbocycles. The molecule has 0 saturated carbocycles. The van der Waals surface area contributed by atoms with Crippen LogP contribution >= 0.6 is 11.6 Å². The van der Waals surface area contributed by atoms with E-state index in [9.17, 15) is 0 Å². The molecule has 5 heteroatoms. The lowest BCUT2D eigenvalue weighted by Gasteiger charge is -2.16. The topological polar surface area (TPSA) is 64.7 Å². The van der Waals surface area contributed by atoms with E-state index in [1.165, 1.54) is 0 Å². The molecule has 2 N–H and O–H groups in total. The van der Waals surface area contributed by atoms with Crippen LogP contribution in [0.25, 0.3) is 0 Å². The molecule has 1 aromatic rings. The van der Waals surface area contributed by atoms with Gasteiger partial charge in [-0.1, -0.05) is 20.8 Å². The zero-order valence-corrected chi connectivity index (χ0v) is 9.47. The van der Waals surface area contributed by atoms with Crippen molar-refractivity contribution >= 4 is 17.5 Å². The summed E-state index contributed by atoms with van der Waals surface area (Å²) in [6.07, 6.45) is 1.77. The zero-order chi connectivity index (χ0) is 10.8. The van der Waals surface area contributed by atoms with Gasteiger partial charge in [-0.15, -0.1) is 0 Å². The van der Waals surface area contributed by atoms with E-state index in [4.69, 9.17) is 17.3 Å². The molecule has 0 aliphatic rings. The van der Waals surface area contributed by atoms with Crippen molar-refractivity contribution in [3.05, 3.63) is 11.1 Å². The van der Waals surface area contributed by atoms with Crippen LogP contribution in [0.15, 0.2) is 0 Å². The van der Waals surface area contributed by atoms with Crippen LogP contribution < -0.4 is 5.73 Å². The Labute approximate surface area is 88.9 Å². The molecule has 1 heterocycles. The lowest BCUT2D eigenvalue weighted by Crippen LogP contribution is -2.09. The van der Waals surface area contributed by atoms with Crippen LogP contribution in [0.1, 0.15) is 33.0 Å². The average molecular weight is 215 g/mol. The fraction of sp³-hybridized carbons (Fsp3) is 0.667. The standard InChI is InChI=1S/C9H15ClN4/c1-9(2,3)5-4-6-12-7(10)14-8(11)13-6/h4-5H2,1-3H3,(H2,11,12,13,14). The summed E-state index contributed by atoms with van der Waals surface area (Å²) in [5, 5.41) is 0.168. The number of aryl methyl sites for hydroxylation is 1. The van der Waals surface area contributed by atoms with E-state index in [1.54, 1.807) is 0 Å². The van der Waals surface area contributed by atoms with Crippen LogP contribution in [0.3, 0.4) is 0 Å². The van der Waals surface area contributed by atoms with Gasteiger partial charge >= 0.3 is 0 Å². The molecule has 0 fully saturated rings. The fourth-order valence-electron chi connectivity index (χ4n) is 1.01. The largest absolute Gasteiger partial charge is 0.368 e. The predicted octanol–water partition coefficient (Wildman–Crippen LogP) is 2.09. The smallest absolute Gasteiger partial charge is 0.227 e. The molecule has 0 radical (unpaired) electrons. The van der Waals surface area contributed by atoms with Crippen molar-refractivity contribution in [3.63, 3.8) is 0 Å². The average Bonchev–Trinajstić information content (AvgIpc) is 1.97. The van der Waals surface area contributed by atoms with E-state index in [2.05, 4.69) is 35.7 Å². The van der Waals surface area contributed by atoms with Gasteiger partial charge in [-0.2, -0.15) is 9.97 Å². The first kappa shape index (κ1) is 11.2. The third kappa shape index (κ3) is 3.87. The monoisotopic (exact) mass is 214 g/mol. The van der Waals surface area contributed by atoms with Gasteiger partial charge in [-0.3, -0.25) is 0 Å². The maximum absolute atomic E-state index is 5.66. The maximum atomic E-state index is 5.66. The number of hydrogen-bond donors (Lipinski definition) is 1. The third-order valence-corrected chi connectivity index (χ3v) is 1.94. The summed E-state index contributed by atoms with van der Waals surface area (Å²) in [5.74, 6) is 0.853. The highest BCUT2D eigenvalue weighted by Gasteiger charge is 2.12. The highest BCUT2D eigenvalue weighted by atomic mass is 35.5. The van der Waals surface area contributed by atoms with Crippen LogP contribution in [-0.2, 0) is 6.42 Å². The zero-order valence-electron chi connectivity index (χ0n) is 8.71. The Morgan fingerprint density at radius 2 is 1.86 bits per heavy atom. The van der Waals surface area contributed by atoms with Gasteiger partial charge in [-0.25, -0.2) is 4.98 Å². The third-order valence-electron chi connectivity index (χ3n) is 1.77. The highest BCUT2D eigenvalue weighted by molar-refractivity contribution is 6.28. The van der Waals surface area contributed by atoms with E-state index < -0.39 is 0 Å².